The highest BCUT2D eigenvalue weighted by atomic mass is 19.3. The number of carbonyl (C=O) groups excluding carboxylic acids is 1. The topological polar surface area (TPSA) is 88.9 Å². The second-order valence-electron chi connectivity index (χ2n) is 12.3. The van der Waals surface area contributed by atoms with Crippen molar-refractivity contribution in [1.29, 1.82) is 0 Å². The largest absolute Gasteiger partial charge is 0.485 e. The molecule has 1 N–H and O–H groups in total. The minimum absolute atomic E-state index is 0.0321. The van der Waals surface area contributed by atoms with Crippen molar-refractivity contribution in [1.82, 2.24) is 19.4 Å². The maximum absolute atomic E-state index is 15.2. The molecule has 2 atom stereocenters. The number of likely N-dealkylation sites (tertiary alicyclic amines) is 1. The Balaban J connectivity index is 1.68. The van der Waals surface area contributed by atoms with E-state index in [1.54, 1.807) is 29.5 Å². The lowest BCUT2D eigenvalue weighted by molar-refractivity contribution is -0.136. The number of nitrogens with zero attached hydrogens (tertiary/aromatic N) is 4. The Morgan fingerprint density at radius 3 is 2.56 bits per heavy atom. The van der Waals surface area contributed by atoms with Gasteiger partial charge in [0.1, 0.15) is 23.3 Å². The van der Waals surface area contributed by atoms with E-state index >= 15 is 4.39 Å². The van der Waals surface area contributed by atoms with Crippen molar-refractivity contribution >= 4 is 22.6 Å². The number of pyridine rings is 2. The Morgan fingerprint density at radius 2 is 1.93 bits per heavy atom. The van der Waals surface area contributed by atoms with Crippen molar-refractivity contribution in [2.75, 3.05) is 45.7 Å². The van der Waals surface area contributed by atoms with Crippen LogP contribution in [0.15, 0.2) is 29.1 Å². The summed E-state index contributed by atoms with van der Waals surface area (Å²) in [5.41, 5.74) is -0.123. The summed E-state index contributed by atoms with van der Waals surface area (Å²) in [6.07, 6.45) is -0.870. The van der Waals surface area contributed by atoms with E-state index in [1.807, 2.05) is 25.9 Å². The van der Waals surface area contributed by atoms with Crippen LogP contribution in [0.1, 0.15) is 74.9 Å². The molecule has 12 heteroatoms. The number of alkyl halides is 2. The lowest BCUT2D eigenvalue weighted by Gasteiger charge is -2.41. The first kappa shape index (κ1) is 32.7. The molecule has 2 aliphatic heterocycles. The molecule has 0 bridgehead atoms. The second kappa shape index (κ2) is 13.0. The molecule has 244 valence electrons. The van der Waals surface area contributed by atoms with Crippen molar-refractivity contribution in [3.05, 3.63) is 62.8 Å². The second-order valence-corrected chi connectivity index (χ2v) is 12.3. The summed E-state index contributed by atoms with van der Waals surface area (Å²) in [7, 11) is 5.63. The number of aryl methyl sites for hydroxylation is 2. The van der Waals surface area contributed by atoms with Crippen LogP contribution >= 0.6 is 0 Å². The van der Waals surface area contributed by atoms with E-state index in [1.165, 1.54) is 19.1 Å². The fourth-order valence-electron chi connectivity index (χ4n) is 6.67. The van der Waals surface area contributed by atoms with E-state index in [-0.39, 0.29) is 23.1 Å². The standard InChI is InChI=1S/C33H42F3N5O4/c1-7-44-33(13-15-41(16-14-33)20(3)42)25-17-24-28(40(6)32(25)43)29-26(12-11-21(45-29)18-39(4)5)38-31(24)37-19(2)22-9-8-10-23(27(22)34)30(35)36/h8-10,17,19,21,30H,7,11-16,18H2,1-6H3,(H,37,38)/t19-,21+/m1/s1. The van der Waals surface area contributed by atoms with Crippen LogP contribution in [0, 0.1) is 5.82 Å². The summed E-state index contributed by atoms with van der Waals surface area (Å²) in [5, 5.41) is 3.85. The third-order valence-electron chi connectivity index (χ3n) is 8.99. The average molecular weight is 630 g/mol. The number of anilines is 1. The lowest BCUT2D eigenvalue weighted by atomic mass is 9.83. The summed E-state index contributed by atoms with van der Waals surface area (Å²) in [4.78, 5) is 35.0. The number of piperidine rings is 1. The zero-order chi connectivity index (χ0) is 32.6. The number of hydrogen-bond donors (Lipinski definition) is 1. The van der Waals surface area contributed by atoms with Crippen LogP contribution in [-0.4, -0.2) is 71.7 Å². The van der Waals surface area contributed by atoms with Crippen molar-refractivity contribution < 1.29 is 27.4 Å². The van der Waals surface area contributed by atoms with E-state index in [0.717, 1.165) is 12.5 Å². The minimum atomic E-state index is -2.95. The molecule has 1 saturated heterocycles. The van der Waals surface area contributed by atoms with Crippen LogP contribution in [0.5, 0.6) is 5.75 Å². The molecule has 1 aromatic carbocycles. The first-order valence-electron chi connectivity index (χ1n) is 15.5. The third-order valence-corrected chi connectivity index (χ3v) is 8.99. The van der Waals surface area contributed by atoms with Crippen LogP contribution in [0.25, 0.3) is 10.9 Å². The van der Waals surface area contributed by atoms with Gasteiger partial charge in [0.2, 0.25) is 5.91 Å². The molecular weight excluding hydrogens is 587 g/mol. The molecule has 5 rings (SSSR count). The summed E-state index contributed by atoms with van der Waals surface area (Å²) in [6, 6.07) is 5.02. The molecule has 4 heterocycles. The van der Waals surface area contributed by atoms with Gasteiger partial charge in [-0.1, -0.05) is 18.2 Å². The maximum Gasteiger partial charge on any atom is 0.266 e. The maximum atomic E-state index is 15.2. The number of aromatic nitrogens is 2. The number of halogens is 3. The number of amides is 1. The van der Waals surface area contributed by atoms with Gasteiger partial charge in [-0.25, -0.2) is 18.2 Å². The lowest BCUT2D eigenvalue weighted by Crippen LogP contribution is -2.48. The molecule has 0 saturated carbocycles. The normalized spacial score (nSPS) is 18.6. The van der Waals surface area contributed by atoms with Crippen molar-refractivity contribution in [2.24, 2.45) is 7.05 Å². The Morgan fingerprint density at radius 1 is 1.24 bits per heavy atom. The van der Waals surface area contributed by atoms with Gasteiger partial charge in [0, 0.05) is 51.2 Å². The summed E-state index contributed by atoms with van der Waals surface area (Å²) < 4.78 is 56.6. The highest BCUT2D eigenvalue weighted by Crippen LogP contribution is 2.42. The predicted octanol–water partition coefficient (Wildman–Crippen LogP) is 5.31. The van der Waals surface area contributed by atoms with E-state index in [9.17, 15) is 18.4 Å². The molecule has 45 heavy (non-hydrogen) atoms. The summed E-state index contributed by atoms with van der Waals surface area (Å²) in [5.74, 6) is -0.0896. The first-order valence-corrected chi connectivity index (χ1v) is 15.5. The molecule has 0 unspecified atom stereocenters. The molecule has 0 radical (unpaired) electrons. The zero-order valence-corrected chi connectivity index (χ0v) is 26.8. The smallest absolute Gasteiger partial charge is 0.266 e. The van der Waals surface area contributed by atoms with Crippen LogP contribution in [0.2, 0.25) is 0 Å². The SMILES string of the molecule is CCOC1(c2cc3c(N[C@H](C)c4cccc(C(F)F)c4F)nc4c(c3n(C)c2=O)O[C@H](CN(C)C)CC4)CCN(C(C)=O)CC1. The Labute approximate surface area is 261 Å². The molecule has 2 aliphatic rings. The van der Waals surface area contributed by atoms with E-state index in [0.29, 0.717) is 79.2 Å². The van der Waals surface area contributed by atoms with Gasteiger partial charge >= 0.3 is 0 Å². The average Bonchev–Trinajstić information content (AvgIpc) is 2.98. The molecule has 1 fully saturated rings. The molecule has 0 aliphatic carbocycles. The van der Waals surface area contributed by atoms with Gasteiger partial charge in [-0.2, -0.15) is 0 Å². The monoisotopic (exact) mass is 629 g/mol. The Hall–Kier alpha value is -3.64. The van der Waals surface area contributed by atoms with Crippen LogP contribution < -0.4 is 15.6 Å². The van der Waals surface area contributed by atoms with Crippen LogP contribution in [0.4, 0.5) is 19.0 Å². The van der Waals surface area contributed by atoms with Crippen LogP contribution in [-0.2, 0) is 28.6 Å². The van der Waals surface area contributed by atoms with Crippen molar-refractivity contribution in [3.8, 4) is 5.75 Å². The number of likely N-dealkylation sites (N-methyl/N-ethyl adjacent to an activating group) is 1. The highest BCUT2D eigenvalue weighted by molar-refractivity contribution is 5.95. The molecule has 1 amide bonds. The highest BCUT2D eigenvalue weighted by Gasteiger charge is 2.41. The van der Waals surface area contributed by atoms with Gasteiger partial charge in [-0.05, 0) is 59.7 Å². The third kappa shape index (κ3) is 6.27. The predicted molar refractivity (Wildman–Crippen MR) is 166 cm³/mol. The van der Waals surface area contributed by atoms with Gasteiger partial charge in [0.05, 0.1) is 28.4 Å². The van der Waals surface area contributed by atoms with Crippen LogP contribution in [0.3, 0.4) is 0 Å². The van der Waals surface area contributed by atoms with Crippen molar-refractivity contribution in [2.45, 2.75) is 70.6 Å². The van der Waals surface area contributed by atoms with Gasteiger partial charge in [0.15, 0.2) is 5.75 Å². The molecule has 0 spiro atoms. The van der Waals surface area contributed by atoms with Gasteiger partial charge in [0.25, 0.3) is 12.0 Å². The number of carbonyl (C=O) groups is 1. The molecule has 9 nitrogen and oxygen atoms in total. The summed E-state index contributed by atoms with van der Waals surface area (Å²) in [6.45, 7) is 7.02. The molecule has 3 aromatic rings. The van der Waals surface area contributed by atoms with Gasteiger partial charge < -0.3 is 29.2 Å². The Bertz CT molecular complexity index is 1640. The fourth-order valence-corrected chi connectivity index (χ4v) is 6.67. The number of rotatable bonds is 9. The number of nitrogens with one attached hydrogen (secondary N) is 1. The zero-order valence-electron chi connectivity index (χ0n) is 26.8. The van der Waals surface area contributed by atoms with Crippen molar-refractivity contribution in [3.63, 3.8) is 0 Å². The first-order chi connectivity index (χ1) is 21.4. The Kier molecular flexibility index (Phi) is 9.46. The van der Waals surface area contributed by atoms with E-state index in [2.05, 4.69) is 5.32 Å². The fraction of sp³-hybridized carbons (Fsp3) is 0.545. The van der Waals surface area contributed by atoms with Gasteiger partial charge in [-0.15, -0.1) is 0 Å². The minimum Gasteiger partial charge on any atom is -0.485 e. The molecule has 2 aromatic heterocycles. The van der Waals surface area contributed by atoms with E-state index in [4.69, 9.17) is 14.5 Å². The van der Waals surface area contributed by atoms with E-state index < -0.39 is 29.4 Å². The molecular formula is C33H42F3N5O4. The number of fused-ring (bicyclic) bond motifs is 3. The number of ether oxygens (including phenoxy) is 2. The number of hydrogen-bond acceptors (Lipinski definition) is 7. The quantitative estimate of drug-likeness (QED) is 0.343. The number of benzene rings is 1. The summed E-state index contributed by atoms with van der Waals surface area (Å²) >= 11 is 0. The van der Waals surface area contributed by atoms with Gasteiger partial charge in [-0.3, -0.25) is 9.59 Å².